The molecule has 1 atom stereocenters. The Bertz CT molecular complexity index is 877. The zero-order chi connectivity index (χ0) is 19.7. The lowest BCUT2D eigenvalue weighted by atomic mass is 10.2. The predicted octanol–water partition coefficient (Wildman–Crippen LogP) is 2.76. The Morgan fingerprint density at radius 1 is 1.07 bits per heavy atom. The van der Waals surface area contributed by atoms with Gasteiger partial charge in [0.1, 0.15) is 5.02 Å². The minimum Gasteiger partial charge on any atom is -0.367 e. The van der Waals surface area contributed by atoms with Crippen LogP contribution in [0.25, 0.3) is 5.69 Å². The molecule has 150 valence electrons. The quantitative estimate of drug-likeness (QED) is 0.759. The molecule has 0 radical (unpaired) electrons. The van der Waals surface area contributed by atoms with Crippen molar-refractivity contribution in [2.45, 2.75) is 19.4 Å². The highest BCUT2D eigenvalue weighted by Gasteiger charge is 2.31. The van der Waals surface area contributed by atoms with E-state index in [0.29, 0.717) is 16.8 Å². The number of piperazine rings is 1. The predicted molar refractivity (Wildman–Crippen MR) is 114 cm³/mol. The van der Waals surface area contributed by atoms with E-state index in [4.69, 9.17) is 23.2 Å². The summed E-state index contributed by atoms with van der Waals surface area (Å²) in [6.45, 7) is 9.60. The van der Waals surface area contributed by atoms with E-state index in [-0.39, 0.29) is 10.6 Å². The van der Waals surface area contributed by atoms with Gasteiger partial charge in [0.15, 0.2) is 0 Å². The largest absolute Gasteiger partial charge is 0.367 e. The Morgan fingerprint density at radius 3 is 2.46 bits per heavy atom. The number of halogens is 2. The van der Waals surface area contributed by atoms with Gasteiger partial charge in [-0.1, -0.05) is 30.1 Å². The van der Waals surface area contributed by atoms with Crippen molar-refractivity contribution < 1.29 is 0 Å². The first-order valence-electron chi connectivity index (χ1n) is 9.82. The highest BCUT2D eigenvalue weighted by Crippen LogP contribution is 2.28. The number of hydrogen-bond donors (Lipinski definition) is 0. The fourth-order valence-electron chi connectivity index (χ4n) is 4.11. The summed E-state index contributed by atoms with van der Waals surface area (Å²) in [5.41, 5.74) is 1.07. The molecule has 2 aliphatic rings. The van der Waals surface area contributed by atoms with Gasteiger partial charge in [0, 0.05) is 50.3 Å². The van der Waals surface area contributed by atoms with E-state index in [0.717, 1.165) is 57.9 Å². The summed E-state index contributed by atoms with van der Waals surface area (Å²) in [7, 11) is 0. The molecule has 1 unspecified atom stereocenters. The Hall–Kier alpha value is -1.60. The molecule has 28 heavy (non-hydrogen) atoms. The Balaban J connectivity index is 1.49. The van der Waals surface area contributed by atoms with Crippen LogP contribution in [0, 0.1) is 0 Å². The Kier molecular flexibility index (Phi) is 5.92. The van der Waals surface area contributed by atoms with Crippen LogP contribution in [-0.4, -0.2) is 71.4 Å². The fraction of sp³-hybridized carbons (Fsp3) is 0.500. The van der Waals surface area contributed by atoms with Gasteiger partial charge in [0.05, 0.1) is 17.6 Å². The highest BCUT2D eigenvalue weighted by atomic mass is 35.5. The summed E-state index contributed by atoms with van der Waals surface area (Å²) in [5, 5.41) is 5.19. The number of anilines is 1. The third kappa shape index (κ3) is 3.92. The standard InChI is InChI=1S/C20H25Cl2N5O/c1-2-24-9-11-25(12-10-24)17-7-8-26(14-17)18-13-23-27(20(28)19(18)22)16-5-3-15(21)4-6-16/h3-6,13,17H,2,7-12,14H2,1H3. The van der Waals surface area contributed by atoms with Crippen molar-refractivity contribution in [1.82, 2.24) is 19.6 Å². The normalized spacial score (nSPS) is 21.4. The number of hydrogen-bond acceptors (Lipinski definition) is 5. The van der Waals surface area contributed by atoms with Gasteiger partial charge in [-0.25, -0.2) is 0 Å². The third-order valence-electron chi connectivity index (χ3n) is 5.85. The molecule has 1 aromatic heterocycles. The number of nitrogens with zero attached hydrogens (tertiary/aromatic N) is 5. The van der Waals surface area contributed by atoms with Gasteiger partial charge in [-0.2, -0.15) is 9.78 Å². The molecule has 1 aromatic carbocycles. The summed E-state index contributed by atoms with van der Waals surface area (Å²) in [4.78, 5) is 20.0. The van der Waals surface area contributed by atoms with E-state index in [1.165, 1.54) is 4.68 Å². The first kappa shape index (κ1) is 19.7. The lowest BCUT2D eigenvalue weighted by Crippen LogP contribution is -2.50. The molecule has 3 heterocycles. The topological polar surface area (TPSA) is 44.6 Å². The lowest BCUT2D eigenvalue weighted by molar-refractivity contribution is 0.107. The van der Waals surface area contributed by atoms with Gasteiger partial charge in [-0.3, -0.25) is 9.69 Å². The monoisotopic (exact) mass is 421 g/mol. The van der Waals surface area contributed by atoms with Crippen LogP contribution in [0.5, 0.6) is 0 Å². The second-order valence-electron chi connectivity index (χ2n) is 7.40. The van der Waals surface area contributed by atoms with E-state index in [1.807, 2.05) is 0 Å². The van der Waals surface area contributed by atoms with Gasteiger partial charge in [0.2, 0.25) is 0 Å². The lowest BCUT2D eigenvalue weighted by Gasteiger charge is -2.37. The molecule has 0 amide bonds. The maximum atomic E-state index is 12.8. The zero-order valence-electron chi connectivity index (χ0n) is 16.0. The molecule has 6 nitrogen and oxygen atoms in total. The van der Waals surface area contributed by atoms with Gasteiger partial charge in [-0.05, 0) is 37.2 Å². The van der Waals surface area contributed by atoms with Crippen molar-refractivity contribution in [3.05, 3.63) is 50.9 Å². The first-order valence-corrected chi connectivity index (χ1v) is 10.6. The molecule has 8 heteroatoms. The van der Waals surface area contributed by atoms with E-state index >= 15 is 0 Å². The molecule has 0 N–H and O–H groups in total. The van der Waals surface area contributed by atoms with E-state index in [2.05, 4.69) is 26.7 Å². The molecule has 2 saturated heterocycles. The maximum absolute atomic E-state index is 12.8. The summed E-state index contributed by atoms with van der Waals surface area (Å²) in [6.07, 6.45) is 2.79. The van der Waals surface area contributed by atoms with Crippen molar-refractivity contribution in [2.75, 3.05) is 50.7 Å². The van der Waals surface area contributed by atoms with Gasteiger partial charge in [-0.15, -0.1) is 0 Å². The average molecular weight is 422 g/mol. The van der Waals surface area contributed by atoms with Crippen molar-refractivity contribution in [3.63, 3.8) is 0 Å². The fourth-order valence-corrected chi connectivity index (χ4v) is 4.49. The van der Waals surface area contributed by atoms with E-state index in [1.54, 1.807) is 30.5 Å². The number of likely N-dealkylation sites (N-methyl/N-ethyl adjacent to an activating group) is 1. The molecule has 2 aromatic rings. The Morgan fingerprint density at radius 2 is 1.79 bits per heavy atom. The minimum absolute atomic E-state index is 0.224. The molecular formula is C20H25Cl2N5O. The van der Waals surface area contributed by atoms with Crippen LogP contribution >= 0.6 is 23.2 Å². The SMILES string of the molecule is CCN1CCN(C2CCN(c3cnn(-c4ccc(Cl)cc4)c(=O)c3Cl)C2)CC1. The van der Waals surface area contributed by atoms with Gasteiger partial charge < -0.3 is 9.80 Å². The third-order valence-corrected chi connectivity index (χ3v) is 6.45. The van der Waals surface area contributed by atoms with Gasteiger partial charge >= 0.3 is 0 Å². The highest BCUT2D eigenvalue weighted by molar-refractivity contribution is 6.33. The second-order valence-corrected chi connectivity index (χ2v) is 8.21. The molecule has 0 spiro atoms. The van der Waals surface area contributed by atoms with Crippen LogP contribution in [-0.2, 0) is 0 Å². The zero-order valence-corrected chi connectivity index (χ0v) is 17.5. The second kappa shape index (κ2) is 8.41. The molecule has 0 aliphatic carbocycles. The number of aromatic nitrogens is 2. The summed E-state index contributed by atoms with van der Waals surface area (Å²) in [5.74, 6) is 0. The van der Waals surface area contributed by atoms with Crippen LogP contribution in [0.4, 0.5) is 5.69 Å². The summed E-state index contributed by atoms with van der Waals surface area (Å²) >= 11 is 12.4. The van der Waals surface area contributed by atoms with Gasteiger partial charge in [0.25, 0.3) is 5.56 Å². The molecule has 2 aliphatic heterocycles. The maximum Gasteiger partial charge on any atom is 0.292 e. The van der Waals surface area contributed by atoms with E-state index < -0.39 is 0 Å². The number of rotatable bonds is 4. The van der Waals surface area contributed by atoms with Crippen molar-refractivity contribution in [1.29, 1.82) is 0 Å². The van der Waals surface area contributed by atoms with Crippen LogP contribution < -0.4 is 10.5 Å². The van der Waals surface area contributed by atoms with Crippen LogP contribution in [0.2, 0.25) is 10.0 Å². The summed E-state index contributed by atoms with van der Waals surface area (Å²) in [6, 6.07) is 7.49. The van der Waals surface area contributed by atoms with Crippen molar-refractivity contribution >= 4 is 28.9 Å². The molecule has 0 saturated carbocycles. The minimum atomic E-state index is -0.304. The van der Waals surface area contributed by atoms with Crippen LogP contribution in [0.3, 0.4) is 0 Å². The first-order chi connectivity index (χ1) is 13.6. The molecule has 4 rings (SSSR count). The average Bonchev–Trinajstić information content (AvgIpc) is 3.21. The molecule has 2 fully saturated rings. The molecular weight excluding hydrogens is 397 g/mol. The summed E-state index contributed by atoms with van der Waals surface area (Å²) < 4.78 is 1.32. The Labute approximate surface area is 175 Å². The van der Waals surface area contributed by atoms with Crippen molar-refractivity contribution in [3.8, 4) is 5.69 Å². The van der Waals surface area contributed by atoms with Crippen LogP contribution in [0.15, 0.2) is 35.3 Å². The number of benzene rings is 1. The van der Waals surface area contributed by atoms with E-state index in [9.17, 15) is 4.79 Å². The molecule has 0 bridgehead atoms. The smallest absolute Gasteiger partial charge is 0.292 e. The van der Waals surface area contributed by atoms with Crippen molar-refractivity contribution in [2.24, 2.45) is 0 Å². The van der Waals surface area contributed by atoms with Crippen LogP contribution in [0.1, 0.15) is 13.3 Å².